The van der Waals surface area contributed by atoms with Crippen LogP contribution in [0.1, 0.15) is 69.1 Å². The largest absolute Gasteiger partial charge is 0.381 e. The van der Waals surface area contributed by atoms with E-state index in [0.717, 1.165) is 45.4 Å². The van der Waals surface area contributed by atoms with Crippen molar-refractivity contribution in [3.8, 4) is 11.3 Å². The molecule has 2 atom stereocenters. The van der Waals surface area contributed by atoms with Gasteiger partial charge in [0.05, 0.1) is 5.56 Å². The molecule has 2 aromatic carbocycles. The molecule has 5 nitrogen and oxygen atoms in total. The third kappa shape index (κ3) is 2.83. The monoisotopic (exact) mass is 454 g/mol. The summed E-state index contributed by atoms with van der Waals surface area (Å²) < 4.78 is 7.99. The predicted molar refractivity (Wildman–Crippen MR) is 134 cm³/mol. The van der Waals surface area contributed by atoms with Crippen LogP contribution in [0.4, 0.5) is 0 Å². The number of para-hydroxylation sites is 1. The molecule has 34 heavy (non-hydrogen) atoms. The van der Waals surface area contributed by atoms with Crippen LogP contribution < -0.4 is 4.57 Å². The fraction of sp³-hybridized carbons (Fsp3) is 0.414. The van der Waals surface area contributed by atoms with E-state index in [4.69, 9.17) is 9.72 Å². The molecule has 2 unspecified atom stereocenters. The van der Waals surface area contributed by atoms with Crippen LogP contribution in [0.25, 0.3) is 33.1 Å². The highest BCUT2D eigenvalue weighted by molar-refractivity contribution is 6.03. The van der Waals surface area contributed by atoms with Gasteiger partial charge in [0.2, 0.25) is 17.3 Å². The van der Waals surface area contributed by atoms with Crippen LogP contribution in [-0.4, -0.2) is 28.8 Å². The van der Waals surface area contributed by atoms with Gasteiger partial charge < -0.3 is 9.84 Å². The summed E-state index contributed by atoms with van der Waals surface area (Å²) in [5.41, 5.74) is 8.46. The normalized spacial score (nSPS) is 20.2. The third-order valence-corrected chi connectivity index (χ3v) is 7.58. The first-order chi connectivity index (χ1) is 16.1. The van der Waals surface area contributed by atoms with Crippen LogP contribution in [0.5, 0.6) is 0 Å². The molecule has 2 aliphatic rings. The molecule has 1 N–H and O–H groups in total. The van der Waals surface area contributed by atoms with Gasteiger partial charge in [-0.05, 0) is 36.8 Å². The van der Waals surface area contributed by atoms with E-state index in [1.165, 1.54) is 16.5 Å². The summed E-state index contributed by atoms with van der Waals surface area (Å²) in [6, 6.07) is 10.4. The second-order valence-corrected chi connectivity index (χ2v) is 11.6. The van der Waals surface area contributed by atoms with Gasteiger partial charge in [0.1, 0.15) is 23.9 Å². The third-order valence-electron chi connectivity index (χ3n) is 7.58. The van der Waals surface area contributed by atoms with Gasteiger partial charge in [0.25, 0.3) is 0 Å². The molecule has 1 aliphatic heterocycles. The van der Waals surface area contributed by atoms with Crippen LogP contribution in [0.15, 0.2) is 42.7 Å². The summed E-state index contributed by atoms with van der Waals surface area (Å²) in [4.78, 5) is 9.99. The Morgan fingerprint density at radius 3 is 2.65 bits per heavy atom. The van der Waals surface area contributed by atoms with E-state index in [9.17, 15) is 5.11 Å². The van der Waals surface area contributed by atoms with E-state index in [0.29, 0.717) is 6.61 Å². The minimum atomic E-state index is -0.677. The maximum absolute atomic E-state index is 11.7. The Balaban J connectivity index is 1.83. The van der Waals surface area contributed by atoms with Crippen molar-refractivity contribution >= 4 is 21.8 Å². The van der Waals surface area contributed by atoms with E-state index in [2.05, 4.69) is 74.5 Å². The van der Waals surface area contributed by atoms with Gasteiger partial charge in [-0.1, -0.05) is 45.0 Å². The minimum absolute atomic E-state index is 0.129. The summed E-state index contributed by atoms with van der Waals surface area (Å²) >= 11 is 0. The fourth-order valence-electron chi connectivity index (χ4n) is 6.11. The van der Waals surface area contributed by atoms with Crippen LogP contribution >= 0.6 is 0 Å². The van der Waals surface area contributed by atoms with Crippen molar-refractivity contribution < 1.29 is 14.4 Å². The number of aliphatic hydroxyl groups excluding tert-OH is 1. The second-order valence-electron chi connectivity index (χ2n) is 11.6. The molecule has 0 bridgehead atoms. The van der Waals surface area contributed by atoms with Crippen molar-refractivity contribution in [2.75, 3.05) is 13.7 Å². The number of benzene rings is 2. The average Bonchev–Trinajstić information content (AvgIpc) is 2.78. The molecule has 0 saturated heterocycles. The topological polar surface area (TPSA) is 59.1 Å². The predicted octanol–water partition coefficient (Wildman–Crippen LogP) is 5.20. The molecule has 5 heteroatoms. The Labute approximate surface area is 200 Å². The van der Waals surface area contributed by atoms with Gasteiger partial charge >= 0.3 is 0 Å². The summed E-state index contributed by atoms with van der Waals surface area (Å²) in [5.74, 6) is 0. The van der Waals surface area contributed by atoms with Crippen molar-refractivity contribution in [2.45, 2.75) is 58.6 Å². The number of nitrogens with zero attached hydrogens (tertiary/aromatic N) is 3. The average molecular weight is 455 g/mol. The second kappa shape index (κ2) is 7.06. The van der Waals surface area contributed by atoms with Crippen molar-refractivity contribution in [3.63, 3.8) is 0 Å². The van der Waals surface area contributed by atoms with E-state index >= 15 is 0 Å². The van der Waals surface area contributed by atoms with Crippen LogP contribution in [0, 0.1) is 5.41 Å². The fourth-order valence-corrected chi connectivity index (χ4v) is 6.11. The Morgan fingerprint density at radius 1 is 1.12 bits per heavy atom. The lowest BCUT2D eigenvalue weighted by Crippen LogP contribution is -2.53. The summed E-state index contributed by atoms with van der Waals surface area (Å²) in [6.07, 6.45) is 4.15. The molecule has 1 aliphatic carbocycles. The molecule has 174 valence electrons. The standard InChI is InChI=1S/C29H32N3O2/c1-28(2,3)12-16-8-7-9-20-24(16)31-27-25-23-18(26(33)21(15-34-6)32(20)25)11-10-17-13-30-14-19(22(17)23)29(27,4)5/h7-11,13-14,21,26,33H,12,15H2,1-6H3/q+1. The van der Waals surface area contributed by atoms with E-state index in [1.807, 2.05) is 12.4 Å². The Hall–Kier alpha value is -2.89. The smallest absolute Gasteiger partial charge is 0.237 e. The van der Waals surface area contributed by atoms with E-state index in [-0.39, 0.29) is 16.9 Å². The molecule has 0 radical (unpaired) electrons. The number of rotatable bonds is 3. The summed E-state index contributed by atoms with van der Waals surface area (Å²) in [7, 11) is 1.71. The molecule has 2 aromatic heterocycles. The molecule has 0 fully saturated rings. The first kappa shape index (κ1) is 21.6. The molecular formula is C29H32N3O2+. The number of hydrogen-bond donors (Lipinski definition) is 1. The molecule has 4 aromatic rings. The first-order valence-corrected chi connectivity index (χ1v) is 12.1. The maximum Gasteiger partial charge on any atom is 0.237 e. The van der Waals surface area contributed by atoms with Crippen LogP contribution in [0.2, 0.25) is 0 Å². The van der Waals surface area contributed by atoms with Gasteiger partial charge in [0.15, 0.2) is 0 Å². The molecule has 3 heterocycles. The zero-order chi connectivity index (χ0) is 24.0. The van der Waals surface area contributed by atoms with Crippen molar-refractivity contribution in [3.05, 3.63) is 65.1 Å². The highest BCUT2D eigenvalue weighted by Crippen LogP contribution is 2.52. The quantitative estimate of drug-likeness (QED) is 0.432. The number of aliphatic hydroxyl groups is 1. The first-order valence-electron chi connectivity index (χ1n) is 12.1. The minimum Gasteiger partial charge on any atom is -0.381 e. The highest BCUT2D eigenvalue weighted by atomic mass is 16.5. The van der Waals surface area contributed by atoms with Crippen LogP contribution in [0.3, 0.4) is 0 Å². The highest BCUT2D eigenvalue weighted by Gasteiger charge is 2.50. The van der Waals surface area contributed by atoms with Crippen molar-refractivity contribution in [1.29, 1.82) is 0 Å². The van der Waals surface area contributed by atoms with Gasteiger partial charge in [-0.15, -0.1) is 0 Å². The number of pyridine rings is 1. The number of hydrogen-bond acceptors (Lipinski definition) is 4. The Kier molecular flexibility index (Phi) is 4.49. The van der Waals surface area contributed by atoms with Crippen molar-refractivity contribution in [2.24, 2.45) is 5.41 Å². The number of ether oxygens (including phenoxy) is 1. The lowest BCUT2D eigenvalue weighted by molar-refractivity contribution is -0.702. The Bertz CT molecular complexity index is 1480. The number of fused-ring (bicyclic) bond motifs is 2. The van der Waals surface area contributed by atoms with E-state index in [1.54, 1.807) is 7.11 Å². The van der Waals surface area contributed by atoms with Gasteiger partial charge in [-0.25, -0.2) is 4.98 Å². The van der Waals surface area contributed by atoms with Crippen LogP contribution in [-0.2, 0) is 16.6 Å². The van der Waals surface area contributed by atoms with Crippen molar-refractivity contribution in [1.82, 2.24) is 9.97 Å². The Morgan fingerprint density at radius 2 is 1.91 bits per heavy atom. The lowest BCUT2D eigenvalue weighted by Gasteiger charge is -2.37. The maximum atomic E-state index is 11.7. The van der Waals surface area contributed by atoms with E-state index < -0.39 is 6.10 Å². The van der Waals surface area contributed by atoms with Gasteiger partial charge in [-0.2, -0.15) is 4.57 Å². The summed E-state index contributed by atoms with van der Waals surface area (Å²) in [6.45, 7) is 11.7. The lowest BCUT2D eigenvalue weighted by atomic mass is 9.70. The van der Waals surface area contributed by atoms with Gasteiger partial charge in [-0.3, -0.25) is 4.98 Å². The summed E-state index contributed by atoms with van der Waals surface area (Å²) in [5, 5.41) is 14.0. The number of methoxy groups -OCH3 is 1. The molecule has 6 rings (SSSR count). The zero-order valence-corrected chi connectivity index (χ0v) is 20.8. The van der Waals surface area contributed by atoms with Gasteiger partial charge in [0, 0.05) is 47.3 Å². The molecule has 0 spiro atoms. The number of aromatic nitrogens is 3. The molecular weight excluding hydrogens is 422 g/mol. The SMILES string of the molecule is COCC1C(O)c2ccc3cncc4c3c2-c2c(nc3c(CC(C)(C)C)cccc3[n+]21)C4(C)C. The molecule has 0 amide bonds. The molecule has 0 saturated carbocycles. The zero-order valence-electron chi connectivity index (χ0n) is 20.8.